The van der Waals surface area contributed by atoms with Crippen molar-refractivity contribution in [3.63, 3.8) is 0 Å². The number of amides is 1. The van der Waals surface area contributed by atoms with E-state index in [9.17, 15) is 4.79 Å². The Morgan fingerprint density at radius 1 is 1.50 bits per heavy atom. The van der Waals surface area contributed by atoms with Gasteiger partial charge in [-0.3, -0.25) is 4.79 Å². The van der Waals surface area contributed by atoms with E-state index >= 15 is 0 Å². The zero-order valence-electron chi connectivity index (χ0n) is 9.32. The summed E-state index contributed by atoms with van der Waals surface area (Å²) < 4.78 is 5.27. The van der Waals surface area contributed by atoms with E-state index in [4.69, 9.17) is 10.5 Å². The van der Waals surface area contributed by atoms with Gasteiger partial charge in [0.2, 0.25) is 5.91 Å². The third-order valence-corrected chi connectivity index (χ3v) is 3.01. The molecule has 1 heterocycles. The summed E-state index contributed by atoms with van der Waals surface area (Å²) in [7, 11) is 0. The van der Waals surface area contributed by atoms with Crippen LogP contribution in [0.2, 0.25) is 0 Å². The zero-order chi connectivity index (χ0) is 11.6. The molecule has 0 spiro atoms. The van der Waals surface area contributed by atoms with Crippen LogP contribution >= 0.6 is 0 Å². The number of rotatable bonds is 3. The predicted octanol–water partition coefficient (Wildman–Crippen LogP) is 1.05. The Morgan fingerprint density at radius 2 is 2.25 bits per heavy atom. The first-order valence-electron chi connectivity index (χ1n) is 5.35. The maximum Gasteiger partial charge on any atom is 0.245 e. The third-order valence-electron chi connectivity index (χ3n) is 3.01. The van der Waals surface area contributed by atoms with Crippen molar-refractivity contribution in [1.29, 1.82) is 0 Å². The molecule has 3 N–H and O–H groups in total. The standard InChI is InChI=1S/C12H16N2O2/c1-9-4-2-3-5-10(9)14-12(11(13)15)6-7-16-8-12/h2-5,14H,6-8H2,1H3,(H2,13,15). The van der Waals surface area contributed by atoms with Crippen LogP contribution in [0.5, 0.6) is 0 Å². The Bertz CT molecular complexity index is 398. The topological polar surface area (TPSA) is 64.3 Å². The molecule has 4 nitrogen and oxygen atoms in total. The summed E-state index contributed by atoms with van der Waals surface area (Å²) >= 11 is 0. The summed E-state index contributed by atoms with van der Waals surface area (Å²) in [4.78, 5) is 11.5. The van der Waals surface area contributed by atoms with Crippen LogP contribution in [0.1, 0.15) is 12.0 Å². The molecular weight excluding hydrogens is 204 g/mol. The number of nitrogens with one attached hydrogen (secondary N) is 1. The Morgan fingerprint density at radius 3 is 2.81 bits per heavy atom. The highest BCUT2D eigenvalue weighted by atomic mass is 16.5. The predicted molar refractivity (Wildman–Crippen MR) is 62.2 cm³/mol. The first-order valence-corrected chi connectivity index (χ1v) is 5.35. The molecule has 1 aliphatic rings. The highest BCUT2D eigenvalue weighted by molar-refractivity contribution is 5.88. The van der Waals surface area contributed by atoms with Crippen LogP contribution in [-0.2, 0) is 9.53 Å². The van der Waals surface area contributed by atoms with Gasteiger partial charge in [0.05, 0.1) is 6.61 Å². The van der Waals surface area contributed by atoms with Crippen LogP contribution < -0.4 is 11.1 Å². The molecule has 1 unspecified atom stereocenters. The summed E-state index contributed by atoms with van der Waals surface area (Å²) in [6.07, 6.45) is 0.622. The van der Waals surface area contributed by atoms with Gasteiger partial charge in [-0.25, -0.2) is 0 Å². The van der Waals surface area contributed by atoms with Crippen molar-refractivity contribution >= 4 is 11.6 Å². The van der Waals surface area contributed by atoms with Crippen molar-refractivity contribution in [2.24, 2.45) is 5.73 Å². The molecule has 0 saturated carbocycles. The largest absolute Gasteiger partial charge is 0.378 e. The minimum absolute atomic E-state index is 0.344. The number of primary amides is 1. The van der Waals surface area contributed by atoms with Crippen LogP contribution in [0, 0.1) is 6.92 Å². The lowest BCUT2D eigenvalue weighted by Gasteiger charge is -2.27. The molecule has 16 heavy (non-hydrogen) atoms. The van der Waals surface area contributed by atoms with Gasteiger partial charge in [0.1, 0.15) is 5.54 Å². The number of hydrogen-bond donors (Lipinski definition) is 2. The van der Waals surface area contributed by atoms with Gasteiger partial charge in [-0.15, -0.1) is 0 Å². The third kappa shape index (κ3) is 1.88. The summed E-state index contributed by atoms with van der Waals surface area (Å²) in [6, 6.07) is 7.83. The van der Waals surface area contributed by atoms with Crippen LogP contribution in [-0.4, -0.2) is 24.7 Å². The van der Waals surface area contributed by atoms with Crippen LogP contribution in [0.3, 0.4) is 0 Å². The van der Waals surface area contributed by atoms with Crippen LogP contribution in [0.4, 0.5) is 5.69 Å². The lowest BCUT2D eigenvalue weighted by molar-refractivity contribution is -0.122. The van der Waals surface area contributed by atoms with Crippen molar-refractivity contribution in [3.05, 3.63) is 29.8 Å². The second kappa shape index (κ2) is 4.14. The number of para-hydroxylation sites is 1. The quantitative estimate of drug-likeness (QED) is 0.800. The van der Waals surface area contributed by atoms with Gasteiger partial charge in [0.15, 0.2) is 0 Å². The first kappa shape index (κ1) is 11.0. The molecule has 0 radical (unpaired) electrons. The van der Waals surface area contributed by atoms with Gasteiger partial charge in [0.25, 0.3) is 0 Å². The Balaban J connectivity index is 2.25. The van der Waals surface area contributed by atoms with Crippen molar-refractivity contribution in [2.45, 2.75) is 18.9 Å². The van der Waals surface area contributed by atoms with Gasteiger partial charge < -0.3 is 15.8 Å². The fraction of sp³-hybridized carbons (Fsp3) is 0.417. The fourth-order valence-electron chi connectivity index (χ4n) is 1.89. The molecule has 0 aliphatic carbocycles. The Hall–Kier alpha value is -1.55. The number of carbonyl (C=O) groups is 1. The molecule has 86 valence electrons. The smallest absolute Gasteiger partial charge is 0.245 e. The summed E-state index contributed by atoms with van der Waals surface area (Å²) in [5.41, 5.74) is 6.73. The van der Waals surface area contributed by atoms with E-state index in [0.717, 1.165) is 11.3 Å². The van der Waals surface area contributed by atoms with Gasteiger partial charge in [-0.1, -0.05) is 18.2 Å². The molecule has 4 heteroatoms. The minimum atomic E-state index is -0.744. The van der Waals surface area contributed by atoms with Gasteiger partial charge in [-0.05, 0) is 18.6 Å². The normalized spacial score (nSPS) is 24.3. The summed E-state index contributed by atoms with van der Waals surface area (Å²) in [5.74, 6) is -0.353. The number of aryl methyl sites for hydroxylation is 1. The number of anilines is 1. The van der Waals surface area contributed by atoms with E-state index < -0.39 is 5.54 Å². The molecular formula is C12H16N2O2. The van der Waals surface area contributed by atoms with E-state index in [2.05, 4.69) is 5.32 Å². The molecule has 1 fully saturated rings. The SMILES string of the molecule is Cc1ccccc1NC1(C(N)=O)CCOC1. The van der Waals surface area contributed by atoms with Gasteiger partial charge in [-0.2, -0.15) is 0 Å². The average Bonchev–Trinajstić information content (AvgIpc) is 2.71. The monoisotopic (exact) mass is 220 g/mol. The van der Waals surface area contributed by atoms with Crippen molar-refractivity contribution < 1.29 is 9.53 Å². The van der Waals surface area contributed by atoms with Gasteiger partial charge in [0, 0.05) is 18.7 Å². The molecule has 1 aromatic carbocycles. The maximum atomic E-state index is 11.5. The number of hydrogen-bond acceptors (Lipinski definition) is 3. The number of carbonyl (C=O) groups excluding carboxylic acids is 1. The van der Waals surface area contributed by atoms with E-state index in [1.54, 1.807) is 0 Å². The lowest BCUT2D eigenvalue weighted by Crippen LogP contribution is -2.51. The molecule has 2 rings (SSSR count). The number of benzene rings is 1. The summed E-state index contributed by atoms with van der Waals surface area (Å²) in [5, 5.41) is 3.22. The molecule has 1 aliphatic heterocycles. The second-order valence-corrected chi connectivity index (χ2v) is 4.19. The average molecular weight is 220 g/mol. The van der Waals surface area contributed by atoms with Gasteiger partial charge >= 0.3 is 0 Å². The van der Waals surface area contributed by atoms with E-state index in [0.29, 0.717) is 19.6 Å². The zero-order valence-corrected chi connectivity index (χ0v) is 9.32. The maximum absolute atomic E-state index is 11.5. The van der Waals surface area contributed by atoms with Crippen LogP contribution in [0.15, 0.2) is 24.3 Å². The fourth-order valence-corrected chi connectivity index (χ4v) is 1.89. The summed E-state index contributed by atoms with van der Waals surface area (Å²) in [6.45, 7) is 2.91. The van der Waals surface area contributed by atoms with E-state index in [-0.39, 0.29) is 5.91 Å². The van der Waals surface area contributed by atoms with E-state index in [1.165, 1.54) is 0 Å². The molecule has 0 bridgehead atoms. The van der Waals surface area contributed by atoms with Crippen molar-refractivity contribution in [3.8, 4) is 0 Å². The molecule has 1 amide bonds. The number of ether oxygens (including phenoxy) is 1. The highest BCUT2D eigenvalue weighted by Gasteiger charge is 2.40. The lowest BCUT2D eigenvalue weighted by atomic mass is 9.97. The number of nitrogens with two attached hydrogens (primary N) is 1. The first-order chi connectivity index (χ1) is 7.64. The minimum Gasteiger partial charge on any atom is -0.378 e. The molecule has 0 aromatic heterocycles. The molecule has 1 saturated heterocycles. The molecule has 1 atom stereocenters. The molecule has 1 aromatic rings. The van der Waals surface area contributed by atoms with Crippen molar-refractivity contribution in [1.82, 2.24) is 0 Å². The second-order valence-electron chi connectivity index (χ2n) is 4.19. The van der Waals surface area contributed by atoms with E-state index in [1.807, 2.05) is 31.2 Å². The van der Waals surface area contributed by atoms with Crippen LogP contribution in [0.25, 0.3) is 0 Å². The van der Waals surface area contributed by atoms with Crippen molar-refractivity contribution in [2.75, 3.05) is 18.5 Å². The Labute approximate surface area is 94.8 Å². The highest BCUT2D eigenvalue weighted by Crippen LogP contribution is 2.25. The Kier molecular flexibility index (Phi) is 2.83.